The molecular weight excluding hydrogens is 400 g/mol. The summed E-state index contributed by atoms with van der Waals surface area (Å²) in [5.41, 5.74) is 1.81. The van der Waals surface area contributed by atoms with Gasteiger partial charge in [-0.05, 0) is 86.2 Å². The van der Waals surface area contributed by atoms with E-state index in [1.54, 1.807) is 6.07 Å². The number of aromatic nitrogens is 2. The van der Waals surface area contributed by atoms with Crippen molar-refractivity contribution in [2.75, 3.05) is 20.1 Å². The summed E-state index contributed by atoms with van der Waals surface area (Å²) in [6.07, 6.45) is 3.61. The maximum atomic E-state index is 13.8. The van der Waals surface area contributed by atoms with Crippen LogP contribution in [0.2, 0.25) is 0 Å². The summed E-state index contributed by atoms with van der Waals surface area (Å²) in [4.78, 5) is 5.57. The van der Waals surface area contributed by atoms with E-state index in [0.717, 1.165) is 29.9 Å². The van der Waals surface area contributed by atoms with E-state index in [0.29, 0.717) is 8.34 Å². The molecule has 21 heavy (non-hydrogen) atoms. The molecule has 1 aliphatic rings. The van der Waals surface area contributed by atoms with Crippen LogP contribution in [0.4, 0.5) is 4.39 Å². The Kier molecular flexibility index (Phi) is 4.66. The van der Waals surface area contributed by atoms with Crippen molar-refractivity contribution >= 4 is 45.8 Å². The van der Waals surface area contributed by atoms with Crippen LogP contribution in [-0.4, -0.2) is 34.6 Å². The topological polar surface area (TPSA) is 24.0 Å². The van der Waals surface area contributed by atoms with Crippen molar-refractivity contribution in [2.45, 2.75) is 25.8 Å². The fourth-order valence-corrected chi connectivity index (χ4v) is 3.80. The summed E-state index contributed by atoms with van der Waals surface area (Å²) in [7, 11) is 2.18. The van der Waals surface area contributed by atoms with Gasteiger partial charge in [-0.1, -0.05) is 0 Å². The van der Waals surface area contributed by atoms with E-state index in [9.17, 15) is 4.39 Å². The second kappa shape index (κ2) is 6.34. The molecule has 0 aliphatic carbocycles. The molecular formula is C15H19FIN3S. The summed E-state index contributed by atoms with van der Waals surface area (Å²) >= 11 is 7.41. The Hall–Kier alpha value is -0.470. The minimum atomic E-state index is -0.176. The summed E-state index contributed by atoms with van der Waals surface area (Å²) < 4.78 is 17.2. The second-order valence-electron chi connectivity index (χ2n) is 5.90. The first-order valence-corrected chi connectivity index (χ1v) is 8.79. The first kappa shape index (κ1) is 15.4. The Balaban J connectivity index is 1.79. The van der Waals surface area contributed by atoms with Gasteiger partial charge < -0.3 is 14.5 Å². The maximum absolute atomic E-state index is 13.8. The molecule has 114 valence electrons. The van der Waals surface area contributed by atoms with Crippen LogP contribution in [0.3, 0.4) is 0 Å². The van der Waals surface area contributed by atoms with Crippen molar-refractivity contribution in [3.8, 4) is 0 Å². The summed E-state index contributed by atoms with van der Waals surface area (Å²) in [5, 5.41) is 0. The predicted molar refractivity (Wildman–Crippen MR) is 94.6 cm³/mol. The Morgan fingerprint density at radius 1 is 1.38 bits per heavy atom. The minimum Gasteiger partial charge on any atom is -0.331 e. The lowest BCUT2D eigenvalue weighted by Gasteiger charge is -2.28. The van der Waals surface area contributed by atoms with Crippen molar-refractivity contribution in [3.05, 3.63) is 26.3 Å². The molecule has 0 saturated carbocycles. The number of nitrogens with zero attached hydrogens (tertiary/aromatic N) is 2. The Bertz CT molecular complexity index is 701. The first-order chi connectivity index (χ1) is 10.0. The molecule has 0 atom stereocenters. The summed E-state index contributed by atoms with van der Waals surface area (Å²) in [5.74, 6) is 0.576. The number of nitrogens with one attached hydrogen (secondary N) is 1. The number of imidazole rings is 1. The first-order valence-electron chi connectivity index (χ1n) is 7.30. The number of likely N-dealkylation sites (tertiary alicyclic amines) is 1. The van der Waals surface area contributed by atoms with Crippen LogP contribution in [-0.2, 0) is 6.54 Å². The molecule has 0 spiro atoms. The van der Waals surface area contributed by atoms with Gasteiger partial charge in [0.15, 0.2) is 4.77 Å². The van der Waals surface area contributed by atoms with Gasteiger partial charge in [0.25, 0.3) is 0 Å². The molecule has 0 unspecified atom stereocenters. The molecule has 1 aliphatic heterocycles. The quantitative estimate of drug-likeness (QED) is 0.597. The number of hydrogen-bond donors (Lipinski definition) is 1. The van der Waals surface area contributed by atoms with Crippen LogP contribution in [0.25, 0.3) is 11.0 Å². The number of aryl methyl sites for hydroxylation is 1. The van der Waals surface area contributed by atoms with Crippen LogP contribution < -0.4 is 0 Å². The lowest BCUT2D eigenvalue weighted by Crippen LogP contribution is -2.30. The van der Waals surface area contributed by atoms with Crippen LogP contribution >= 0.6 is 34.8 Å². The average Bonchev–Trinajstić information content (AvgIpc) is 2.74. The molecule has 2 heterocycles. The number of piperidine rings is 1. The number of hydrogen-bond acceptors (Lipinski definition) is 2. The third-order valence-corrected chi connectivity index (χ3v) is 5.56. The average molecular weight is 419 g/mol. The largest absolute Gasteiger partial charge is 0.331 e. The standard InChI is InChI=1S/C15H19FIN3S/c1-19-5-2-10(3-6-19)4-7-20-14-8-11(16)12(17)9-13(14)18-15(20)21/h8-10H,2-7H2,1H3,(H,18,21). The third kappa shape index (κ3) is 3.32. The molecule has 6 heteroatoms. The van der Waals surface area contributed by atoms with Crippen LogP contribution in [0, 0.1) is 20.1 Å². The smallest absolute Gasteiger partial charge is 0.178 e. The van der Waals surface area contributed by atoms with Gasteiger partial charge in [-0.3, -0.25) is 0 Å². The Morgan fingerprint density at radius 3 is 2.81 bits per heavy atom. The van der Waals surface area contributed by atoms with E-state index in [1.165, 1.54) is 25.9 Å². The van der Waals surface area contributed by atoms with Gasteiger partial charge in [0, 0.05) is 12.6 Å². The highest BCUT2D eigenvalue weighted by Crippen LogP contribution is 2.24. The molecule has 1 saturated heterocycles. The van der Waals surface area contributed by atoms with Gasteiger partial charge in [0.1, 0.15) is 5.82 Å². The normalized spacial score (nSPS) is 17.7. The van der Waals surface area contributed by atoms with Crippen molar-refractivity contribution in [3.63, 3.8) is 0 Å². The Morgan fingerprint density at radius 2 is 2.10 bits per heavy atom. The molecule has 1 fully saturated rings. The van der Waals surface area contributed by atoms with Crippen molar-refractivity contribution in [1.82, 2.24) is 14.5 Å². The fourth-order valence-electron chi connectivity index (χ4n) is 3.04. The van der Waals surface area contributed by atoms with E-state index < -0.39 is 0 Å². The van der Waals surface area contributed by atoms with Gasteiger partial charge in [-0.2, -0.15) is 0 Å². The molecule has 3 rings (SSSR count). The Labute approximate surface area is 142 Å². The number of benzene rings is 1. The summed E-state index contributed by atoms with van der Waals surface area (Å²) in [6.45, 7) is 3.22. The molecule has 1 N–H and O–H groups in total. The zero-order valence-corrected chi connectivity index (χ0v) is 15.0. The number of rotatable bonds is 3. The third-order valence-electron chi connectivity index (χ3n) is 4.42. The highest BCUT2D eigenvalue weighted by Gasteiger charge is 2.17. The highest BCUT2D eigenvalue weighted by atomic mass is 127. The second-order valence-corrected chi connectivity index (χ2v) is 7.45. The van der Waals surface area contributed by atoms with E-state index in [-0.39, 0.29) is 5.82 Å². The van der Waals surface area contributed by atoms with Crippen molar-refractivity contribution in [1.29, 1.82) is 0 Å². The van der Waals surface area contributed by atoms with E-state index >= 15 is 0 Å². The number of halogens is 2. The molecule has 1 aromatic carbocycles. The van der Waals surface area contributed by atoms with Gasteiger partial charge in [0.05, 0.1) is 14.6 Å². The van der Waals surface area contributed by atoms with Gasteiger partial charge >= 0.3 is 0 Å². The van der Waals surface area contributed by atoms with Crippen molar-refractivity contribution < 1.29 is 4.39 Å². The number of fused-ring (bicyclic) bond motifs is 1. The fraction of sp³-hybridized carbons (Fsp3) is 0.533. The molecule has 0 amide bonds. The lowest BCUT2D eigenvalue weighted by atomic mass is 9.94. The molecule has 0 radical (unpaired) electrons. The number of H-pyrrole nitrogens is 1. The van der Waals surface area contributed by atoms with Gasteiger partial charge in [0.2, 0.25) is 0 Å². The van der Waals surface area contributed by atoms with Gasteiger partial charge in [-0.25, -0.2) is 4.39 Å². The van der Waals surface area contributed by atoms with Crippen LogP contribution in [0.15, 0.2) is 12.1 Å². The predicted octanol–water partition coefficient (Wildman–Crippen LogP) is 4.17. The maximum Gasteiger partial charge on any atom is 0.178 e. The number of aromatic amines is 1. The zero-order valence-electron chi connectivity index (χ0n) is 12.0. The van der Waals surface area contributed by atoms with Crippen molar-refractivity contribution in [2.24, 2.45) is 5.92 Å². The minimum absolute atomic E-state index is 0.176. The summed E-state index contributed by atoms with van der Waals surface area (Å²) in [6, 6.07) is 3.42. The highest BCUT2D eigenvalue weighted by molar-refractivity contribution is 14.1. The SMILES string of the molecule is CN1CCC(CCn2c(=S)[nH]c3cc(I)c(F)cc32)CC1. The van der Waals surface area contributed by atoms with E-state index in [4.69, 9.17) is 12.2 Å². The van der Waals surface area contributed by atoms with Crippen LogP contribution in [0.1, 0.15) is 19.3 Å². The molecule has 3 nitrogen and oxygen atoms in total. The van der Waals surface area contributed by atoms with E-state index in [1.807, 2.05) is 33.2 Å². The van der Waals surface area contributed by atoms with Crippen LogP contribution in [0.5, 0.6) is 0 Å². The van der Waals surface area contributed by atoms with Gasteiger partial charge in [-0.15, -0.1) is 0 Å². The molecule has 0 bridgehead atoms. The van der Waals surface area contributed by atoms with E-state index in [2.05, 4.69) is 16.9 Å². The molecule has 2 aromatic rings. The molecule has 1 aromatic heterocycles. The lowest BCUT2D eigenvalue weighted by molar-refractivity contribution is 0.208. The zero-order chi connectivity index (χ0) is 15.0. The monoisotopic (exact) mass is 419 g/mol.